The van der Waals surface area contributed by atoms with E-state index in [1.54, 1.807) is 17.0 Å². The van der Waals surface area contributed by atoms with Crippen LogP contribution in [0.15, 0.2) is 42.5 Å². The minimum Gasteiger partial charge on any atom is -0.352 e. The van der Waals surface area contributed by atoms with Crippen LogP contribution in [0.4, 0.5) is 10.1 Å². The number of nitrogens with one attached hydrogen (secondary N) is 1. The molecule has 0 aromatic heterocycles. The van der Waals surface area contributed by atoms with E-state index in [4.69, 9.17) is 0 Å². The lowest BCUT2D eigenvalue weighted by atomic mass is 10.1. The summed E-state index contributed by atoms with van der Waals surface area (Å²) in [6.45, 7) is 3.28. The van der Waals surface area contributed by atoms with Gasteiger partial charge in [0, 0.05) is 29.9 Å². The number of unbranched alkanes of at least 4 members (excludes halogenated alkanes) is 1. The van der Waals surface area contributed by atoms with Gasteiger partial charge in [0.25, 0.3) is 11.8 Å². The summed E-state index contributed by atoms with van der Waals surface area (Å²) in [6, 6.07) is 11.0. The molecule has 1 aliphatic rings. The molecule has 0 spiro atoms. The Labute approximate surface area is 146 Å². The van der Waals surface area contributed by atoms with Crippen molar-refractivity contribution in [1.29, 1.82) is 0 Å². The average Bonchev–Trinajstić information content (AvgIpc) is 3.05. The van der Waals surface area contributed by atoms with Gasteiger partial charge in [-0.25, -0.2) is 4.39 Å². The second-order valence-corrected chi connectivity index (χ2v) is 6.17. The zero-order valence-corrected chi connectivity index (χ0v) is 14.2. The minimum atomic E-state index is -0.371. The Kier molecular flexibility index (Phi) is 5.12. The molecule has 0 saturated heterocycles. The molecule has 0 radical (unpaired) electrons. The van der Waals surface area contributed by atoms with E-state index in [-0.39, 0.29) is 17.6 Å². The predicted molar refractivity (Wildman–Crippen MR) is 95.5 cm³/mol. The van der Waals surface area contributed by atoms with E-state index < -0.39 is 0 Å². The molecule has 3 rings (SSSR count). The number of carbonyl (C=O) groups excluding carboxylic acids is 2. The third kappa shape index (κ3) is 3.71. The van der Waals surface area contributed by atoms with Gasteiger partial charge in [0.05, 0.1) is 0 Å². The van der Waals surface area contributed by atoms with Gasteiger partial charge in [0.2, 0.25) is 0 Å². The van der Waals surface area contributed by atoms with Crippen molar-refractivity contribution in [2.45, 2.75) is 26.2 Å². The third-order valence-corrected chi connectivity index (χ3v) is 4.40. The van der Waals surface area contributed by atoms with Crippen molar-refractivity contribution in [1.82, 2.24) is 5.32 Å². The molecule has 0 unspecified atom stereocenters. The van der Waals surface area contributed by atoms with E-state index in [0.29, 0.717) is 24.2 Å². The molecule has 0 bridgehead atoms. The van der Waals surface area contributed by atoms with Crippen LogP contribution in [-0.2, 0) is 6.42 Å². The van der Waals surface area contributed by atoms with E-state index >= 15 is 0 Å². The van der Waals surface area contributed by atoms with Crippen LogP contribution < -0.4 is 10.2 Å². The van der Waals surface area contributed by atoms with Crippen LogP contribution in [-0.4, -0.2) is 24.9 Å². The van der Waals surface area contributed by atoms with E-state index in [1.807, 2.05) is 6.07 Å². The summed E-state index contributed by atoms with van der Waals surface area (Å²) < 4.78 is 13.1. The summed E-state index contributed by atoms with van der Waals surface area (Å²) in [5.41, 5.74) is 2.79. The van der Waals surface area contributed by atoms with Crippen LogP contribution in [0.3, 0.4) is 0 Å². The van der Waals surface area contributed by atoms with Crippen LogP contribution in [0, 0.1) is 5.82 Å². The van der Waals surface area contributed by atoms with E-state index in [9.17, 15) is 14.0 Å². The highest BCUT2D eigenvalue weighted by Crippen LogP contribution is 2.30. The number of hydrogen-bond donors (Lipinski definition) is 1. The lowest BCUT2D eigenvalue weighted by molar-refractivity contribution is 0.0950. The first-order chi connectivity index (χ1) is 12.1. The fourth-order valence-corrected chi connectivity index (χ4v) is 2.96. The first-order valence-electron chi connectivity index (χ1n) is 8.58. The molecule has 1 N–H and O–H groups in total. The standard InChI is InChI=1S/C20H21FN2O2/c1-2-3-11-22-19(24)16-5-4-14-10-12-23(18(14)13-16)20(25)15-6-8-17(21)9-7-15/h4-9,13H,2-3,10-12H2,1H3,(H,22,24). The Balaban J connectivity index is 1.81. The molecule has 2 aromatic carbocycles. The average molecular weight is 340 g/mol. The topological polar surface area (TPSA) is 49.4 Å². The second-order valence-electron chi connectivity index (χ2n) is 6.17. The SMILES string of the molecule is CCCCNC(=O)c1ccc2c(c1)N(C(=O)c1ccc(F)cc1)CC2. The van der Waals surface area contributed by atoms with Gasteiger partial charge in [-0.05, 0) is 54.8 Å². The summed E-state index contributed by atoms with van der Waals surface area (Å²) in [7, 11) is 0. The molecule has 5 heteroatoms. The first kappa shape index (κ1) is 17.1. The lowest BCUT2D eigenvalue weighted by Crippen LogP contribution is -2.29. The minimum absolute atomic E-state index is 0.127. The molecule has 25 heavy (non-hydrogen) atoms. The van der Waals surface area contributed by atoms with Crippen LogP contribution in [0.5, 0.6) is 0 Å². The fraction of sp³-hybridized carbons (Fsp3) is 0.300. The summed E-state index contributed by atoms with van der Waals surface area (Å²) >= 11 is 0. The Morgan fingerprint density at radius 2 is 1.84 bits per heavy atom. The molecule has 2 aromatic rings. The molecule has 0 saturated carbocycles. The number of carbonyl (C=O) groups is 2. The molecule has 2 amide bonds. The van der Waals surface area contributed by atoms with Gasteiger partial charge >= 0.3 is 0 Å². The van der Waals surface area contributed by atoms with Gasteiger partial charge in [0.1, 0.15) is 5.82 Å². The normalized spacial score (nSPS) is 12.8. The van der Waals surface area contributed by atoms with Crippen molar-refractivity contribution in [2.75, 3.05) is 18.0 Å². The molecule has 1 heterocycles. The number of benzene rings is 2. The summed E-state index contributed by atoms with van der Waals surface area (Å²) in [4.78, 5) is 26.6. The van der Waals surface area contributed by atoms with Crippen molar-refractivity contribution in [3.63, 3.8) is 0 Å². The van der Waals surface area contributed by atoms with Crippen LogP contribution >= 0.6 is 0 Å². The quantitative estimate of drug-likeness (QED) is 0.846. The highest BCUT2D eigenvalue weighted by Gasteiger charge is 2.26. The largest absolute Gasteiger partial charge is 0.352 e. The molecular weight excluding hydrogens is 319 g/mol. The van der Waals surface area contributed by atoms with Crippen molar-refractivity contribution in [2.24, 2.45) is 0 Å². The van der Waals surface area contributed by atoms with E-state index in [1.165, 1.54) is 24.3 Å². The maximum Gasteiger partial charge on any atom is 0.258 e. The summed E-state index contributed by atoms with van der Waals surface area (Å²) in [5, 5.41) is 2.89. The number of amides is 2. The van der Waals surface area contributed by atoms with E-state index in [0.717, 1.165) is 30.5 Å². The monoisotopic (exact) mass is 340 g/mol. The van der Waals surface area contributed by atoms with Crippen molar-refractivity contribution >= 4 is 17.5 Å². The molecular formula is C20H21FN2O2. The second kappa shape index (κ2) is 7.47. The zero-order valence-electron chi connectivity index (χ0n) is 14.2. The van der Waals surface area contributed by atoms with Crippen molar-refractivity contribution < 1.29 is 14.0 Å². The number of nitrogens with zero attached hydrogens (tertiary/aromatic N) is 1. The molecule has 130 valence electrons. The smallest absolute Gasteiger partial charge is 0.258 e. The first-order valence-corrected chi connectivity index (χ1v) is 8.58. The Morgan fingerprint density at radius 1 is 1.12 bits per heavy atom. The Bertz CT molecular complexity index is 787. The number of anilines is 1. The number of rotatable bonds is 5. The maximum atomic E-state index is 13.1. The Morgan fingerprint density at radius 3 is 2.56 bits per heavy atom. The van der Waals surface area contributed by atoms with Gasteiger partial charge in [0.15, 0.2) is 0 Å². The summed E-state index contributed by atoms with van der Waals surface area (Å²) in [6.07, 6.45) is 2.70. The highest BCUT2D eigenvalue weighted by atomic mass is 19.1. The lowest BCUT2D eigenvalue weighted by Gasteiger charge is -2.18. The number of fused-ring (bicyclic) bond motifs is 1. The zero-order chi connectivity index (χ0) is 17.8. The highest BCUT2D eigenvalue weighted by molar-refractivity contribution is 6.08. The third-order valence-electron chi connectivity index (χ3n) is 4.40. The van der Waals surface area contributed by atoms with Crippen molar-refractivity contribution in [3.8, 4) is 0 Å². The molecule has 0 fully saturated rings. The van der Waals surface area contributed by atoms with Crippen molar-refractivity contribution in [3.05, 3.63) is 65.0 Å². The molecule has 4 nitrogen and oxygen atoms in total. The van der Waals surface area contributed by atoms with Crippen LogP contribution in [0.1, 0.15) is 46.0 Å². The van der Waals surface area contributed by atoms with Crippen LogP contribution in [0.25, 0.3) is 0 Å². The van der Waals surface area contributed by atoms with Gasteiger partial charge in [-0.2, -0.15) is 0 Å². The van der Waals surface area contributed by atoms with Gasteiger partial charge < -0.3 is 10.2 Å². The number of halogens is 1. The van der Waals surface area contributed by atoms with Gasteiger partial charge in [-0.1, -0.05) is 19.4 Å². The summed E-state index contributed by atoms with van der Waals surface area (Å²) in [5.74, 6) is -0.677. The van der Waals surface area contributed by atoms with Crippen LogP contribution in [0.2, 0.25) is 0 Å². The van der Waals surface area contributed by atoms with Gasteiger partial charge in [-0.15, -0.1) is 0 Å². The number of hydrogen-bond acceptors (Lipinski definition) is 2. The Hall–Kier alpha value is -2.69. The van der Waals surface area contributed by atoms with E-state index in [2.05, 4.69) is 12.2 Å². The molecule has 0 aliphatic carbocycles. The predicted octanol–water partition coefficient (Wildman–Crippen LogP) is 3.56. The fourth-order valence-electron chi connectivity index (χ4n) is 2.96. The molecule has 1 aliphatic heterocycles. The maximum absolute atomic E-state index is 13.1. The molecule has 0 atom stereocenters. The van der Waals surface area contributed by atoms with Gasteiger partial charge in [-0.3, -0.25) is 9.59 Å².